The van der Waals surface area contributed by atoms with E-state index in [-0.39, 0.29) is 11.3 Å². The number of benzene rings is 1. The molecule has 1 N–H and O–H groups in total. The van der Waals surface area contributed by atoms with Crippen LogP contribution in [0.1, 0.15) is 39.2 Å². The van der Waals surface area contributed by atoms with Gasteiger partial charge < -0.3 is 10.2 Å². The predicted octanol–water partition coefficient (Wildman–Crippen LogP) is 2.70. The first-order valence-electron chi connectivity index (χ1n) is 7.09. The number of carbonyl (C=O) groups excluding carboxylic acids is 1. The van der Waals surface area contributed by atoms with Crippen LogP contribution >= 0.6 is 0 Å². The van der Waals surface area contributed by atoms with Gasteiger partial charge in [-0.2, -0.15) is 0 Å². The Bertz CT molecular complexity index is 436. The van der Waals surface area contributed by atoms with Gasteiger partial charge in [0, 0.05) is 31.7 Å². The second-order valence-corrected chi connectivity index (χ2v) is 6.21. The fourth-order valence-corrected chi connectivity index (χ4v) is 2.59. The predicted molar refractivity (Wildman–Crippen MR) is 79.6 cm³/mol. The molecule has 0 bridgehead atoms. The maximum absolute atomic E-state index is 11.4. The largest absolute Gasteiger partial charge is 0.370 e. The Kier molecular flexibility index (Phi) is 4.13. The van der Waals surface area contributed by atoms with Crippen molar-refractivity contribution in [1.29, 1.82) is 0 Å². The molecule has 0 aliphatic carbocycles. The standard InChI is InChI=1S/C16H24N2O/c1-16(2,3)13-7-4-5-8-14(13)18-11-6-9-15(19)17-10-12-18/h4-5,7-8H,6,9-12H2,1-3H3,(H,17,19). The quantitative estimate of drug-likeness (QED) is 0.842. The van der Waals surface area contributed by atoms with E-state index in [1.54, 1.807) is 0 Å². The molecule has 0 atom stereocenters. The molecule has 104 valence electrons. The molecule has 1 fully saturated rings. The van der Waals surface area contributed by atoms with Crippen LogP contribution in [-0.2, 0) is 10.2 Å². The Morgan fingerprint density at radius 1 is 1.16 bits per heavy atom. The summed E-state index contributed by atoms with van der Waals surface area (Å²) in [6.07, 6.45) is 1.55. The monoisotopic (exact) mass is 260 g/mol. The third-order valence-corrected chi connectivity index (χ3v) is 3.59. The van der Waals surface area contributed by atoms with Crippen molar-refractivity contribution in [3.63, 3.8) is 0 Å². The summed E-state index contributed by atoms with van der Waals surface area (Å²) in [6.45, 7) is 9.32. The number of para-hydroxylation sites is 1. The van der Waals surface area contributed by atoms with Crippen LogP contribution in [0.4, 0.5) is 5.69 Å². The van der Waals surface area contributed by atoms with Gasteiger partial charge in [0.2, 0.25) is 5.91 Å². The fraction of sp³-hybridized carbons (Fsp3) is 0.562. The van der Waals surface area contributed by atoms with E-state index in [0.717, 1.165) is 26.1 Å². The molecule has 1 aromatic carbocycles. The van der Waals surface area contributed by atoms with Crippen LogP contribution in [0.3, 0.4) is 0 Å². The van der Waals surface area contributed by atoms with E-state index in [9.17, 15) is 4.79 Å². The van der Waals surface area contributed by atoms with Crippen LogP contribution in [0.25, 0.3) is 0 Å². The summed E-state index contributed by atoms with van der Waals surface area (Å²) in [4.78, 5) is 13.8. The van der Waals surface area contributed by atoms with Crippen molar-refractivity contribution >= 4 is 11.6 Å². The average molecular weight is 260 g/mol. The highest BCUT2D eigenvalue weighted by molar-refractivity contribution is 5.76. The Balaban J connectivity index is 2.23. The zero-order chi connectivity index (χ0) is 13.9. The molecule has 19 heavy (non-hydrogen) atoms. The smallest absolute Gasteiger partial charge is 0.220 e. The number of hydrogen-bond donors (Lipinski definition) is 1. The molecule has 1 saturated heterocycles. The van der Waals surface area contributed by atoms with Gasteiger partial charge in [0.05, 0.1) is 0 Å². The molecule has 0 spiro atoms. The SMILES string of the molecule is CC(C)(C)c1ccccc1N1CCCC(=O)NCC1. The number of nitrogens with zero attached hydrogens (tertiary/aromatic N) is 1. The number of amides is 1. The summed E-state index contributed by atoms with van der Waals surface area (Å²) in [7, 11) is 0. The van der Waals surface area contributed by atoms with Crippen molar-refractivity contribution in [2.45, 2.75) is 39.0 Å². The fourth-order valence-electron chi connectivity index (χ4n) is 2.59. The van der Waals surface area contributed by atoms with Crippen molar-refractivity contribution in [1.82, 2.24) is 5.32 Å². The summed E-state index contributed by atoms with van der Waals surface area (Å²) in [5.41, 5.74) is 2.83. The zero-order valence-electron chi connectivity index (χ0n) is 12.2. The zero-order valence-corrected chi connectivity index (χ0v) is 12.2. The van der Waals surface area contributed by atoms with Crippen LogP contribution in [-0.4, -0.2) is 25.5 Å². The van der Waals surface area contributed by atoms with Crippen LogP contribution in [0.5, 0.6) is 0 Å². The highest BCUT2D eigenvalue weighted by Crippen LogP contribution is 2.32. The minimum Gasteiger partial charge on any atom is -0.370 e. The highest BCUT2D eigenvalue weighted by atomic mass is 16.1. The number of nitrogens with one attached hydrogen (secondary N) is 1. The van der Waals surface area contributed by atoms with Gasteiger partial charge in [-0.3, -0.25) is 4.79 Å². The summed E-state index contributed by atoms with van der Waals surface area (Å²) in [5.74, 6) is 0.184. The van der Waals surface area contributed by atoms with E-state index in [4.69, 9.17) is 0 Å². The molecular formula is C16H24N2O. The summed E-state index contributed by atoms with van der Waals surface area (Å²) < 4.78 is 0. The molecule has 3 heteroatoms. The lowest BCUT2D eigenvalue weighted by atomic mass is 9.85. The maximum Gasteiger partial charge on any atom is 0.220 e. The Morgan fingerprint density at radius 3 is 2.63 bits per heavy atom. The lowest BCUT2D eigenvalue weighted by molar-refractivity contribution is -0.121. The van der Waals surface area contributed by atoms with Crippen LogP contribution in [0.15, 0.2) is 24.3 Å². The van der Waals surface area contributed by atoms with E-state index in [1.165, 1.54) is 11.3 Å². The van der Waals surface area contributed by atoms with Gasteiger partial charge in [-0.1, -0.05) is 39.0 Å². The Labute approximate surface area is 116 Å². The molecule has 0 saturated carbocycles. The van der Waals surface area contributed by atoms with Gasteiger partial charge in [-0.25, -0.2) is 0 Å². The van der Waals surface area contributed by atoms with Crippen LogP contribution in [0, 0.1) is 0 Å². The Hall–Kier alpha value is -1.51. The van der Waals surface area contributed by atoms with Crippen molar-refractivity contribution in [2.75, 3.05) is 24.5 Å². The summed E-state index contributed by atoms with van der Waals surface area (Å²) in [6, 6.07) is 8.62. The maximum atomic E-state index is 11.4. The normalized spacial score (nSPS) is 17.6. The molecule has 1 amide bonds. The molecule has 0 radical (unpaired) electrons. The van der Waals surface area contributed by atoms with E-state index >= 15 is 0 Å². The van der Waals surface area contributed by atoms with Gasteiger partial charge in [0.1, 0.15) is 0 Å². The molecule has 1 aliphatic rings. The number of anilines is 1. The molecule has 1 heterocycles. The summed E-state index contributed by atoms with van der Waals surface area (Å²) >= 11 is 0. The van der Waals surface area contributed by atoms with E-state index in [0.29, 0.717) is 6.42 Å². The third-order valence-electron chi connectivity index (χ3n) is 3.59. The van der Waals surface area contributed by atoms with Gasteiger partial charge in [0.15, 0.2) is 0 Å². The van der Waals surface area contributed by atoms with Gasteiger partial charge >= 0.3 is 0 Å². The average Bonchev–Trinajstić information content (AvgIpc) is 2.32. The van der Waals surface area contributed by atoms with Gasteiger partial charge in [0.25, 0.3) is 0 Å². The minimum atomic E-state index is 0.141. The van der Waals surface area contributed by atoms with Crippen molar-refractivity contribution in [3.8, 4) is 0 Å². The third kappa shape index (κ3) is 3.49. The number of hydrogen-bond acceptors (Lipinski definition) is 2. The molecule has 2 rings (SSSR count). The van der Waals surface area contributed by atoms with Crippen molar-refractivity contribution < 1.29 is 4.79 Å². The second kappa shape index (κ2) is 5.64. The first-order chi connectivity index (χ1) is 8.98. The van der Waals surface area contributed by atoms with Crippen molar-refractivity contribution in [3.05, 3.63) is 29.8 Å². The molecule has 1 aliphatic heterocycles. The summed E-state index contributed by atoms with van der Waals surface area (Å²) in [5, 5.41) is 2.96. The number of carbonyl (C=O) groups is 1. The molecule has 1 aromatic rings. The Morgan fingerprint density at radius 2 is 1.89 bits per heavy atom. The van der Waals surface area contributed by atoms with Gasteiger partial charge in [-0.15, -0.1) is 0 Å². The number of rotatable bonds is 1. The highest BCUT2D eigenvalue weighted by Gasteiger charge is 2.21. The van der Waals surface area contributed by atoms with E-state index in [1.807, 2.05) is 0 Å². The van der Waals surface area contributed by atoms with E-state index in [2.05, 4.69) is 55.3 Å². The molecule has 3 nitrogen and oxygen atoms in total. The molecule has 0 unspecified atom stereocenters. The first-order valence-corrected chi connectivity index (χ1v) is 7.09. The lowest BCUT2D eigenvalue weighted by Crippen LogP contribution is -2.39. The van der Waals surface area contributed by atoms with E-state index < -0.39 is 0 Å². The topological polar surface area (TPSA) is 32.3 Å². The molecule has 0 aromatic heterocycles. The van der Waals surface area contributed by atoms with Crippen LogP contribution in [0.2, 0.25) is 0 Å². The molecular weight excluding hydrogens is 236 g/mol. The van der Waals surface area contributed by atoms with Gasteiger partial charge in [-0.05, 0) is 23.5 Å². The minimum absolute atomic E-state index is 0.141. The van der Waals surface area contributed by atoms with Crippen LogP contribution < -0.4 is 10.2 Å². The second-order valence-electron chi connectivity index (χ2n) is 6.21. The lowest BCUT2D eigenvalue weighted by Gasteiger charge is -2.32. The first kappa shape index (κ1) is 13.9. The van der Waals surface area contributed by atoms with Crippen molar-refractivity contribution in [2.24, 2.45) is 0 Å².